The number of hydrogen-bond acceptors (Lipinski definition) is 4. The molecule has 2 N–H and O–H groups in total. The smallest absolute Gasteiger partial charge is 0.145 e. The SMILES string of the molecule is Cc1cc(C)c2c(Cl)nc(N)c(C#N)c2n1. The Morgan fingerprint density at radius 3 is 2.69 bits per heavy atom. The van der Waals surface area contributed by atoms with Gasteiger partial charge in [-0.05, 0) is 25.5 Å². The first-order valence-electron chi connectivity index (χ1n) is 4.67. The van der Waals surface area contributed by atoms with Crippen molar-refractivity contribution in [1.29, 1.82) is 5.26 Å². The molecule has 16 heavy (non-hydrogen) atoms. The van der Waals surface area contributed by atoms with Crippen LogP contribution in [-0.2, 0) is 0 Å². The van der Waals surface area contributed by atoms with Gasteiger partial charge in [0.05, 0.1) is 5.52 Å². The Labute approximate surface area is 97.7 Å². The van der Waals surface area contributed by atoms with Gasteiger partial charge in [-0.1, -0.05) is 11.6 Å². The molecule has 0 unspecified atom stereocenters. The highest BCUT2D eigenvalue weighted by molar-refractivity contribution is 6.34. The number of aryl methyl sites for hydroxylation is 2. The quantitative estimate of drug-likeness (QED) is 0.708. The Bertz CT molecular complexity index is 620. The molecule has 0 aliphatic heterocycles. The molecule has 2 rings (SSSR count). The third-order valence-electron chi connectivity index (χ3n) is 2.37. The summed E-state index contributed by atoms with van der Waals surface area (Å²) in [7, 11) is 0. The summed E-state index contributed by atoms with van der Waals surface area (Å²) >= 11 is 6.01. The molecule has 0 saturated carbocycles. The van der Waals surface area contributed by atoms with Crippen molar-refractivity contribution >= 4 is 28.3 Å². The molecule has 0 aliphatic rings. The van der Waals surface area contributed by atoms with E-state index in [1.165, 1.54) is 0 Å². The number of halogens is 1. The van der Waals surface area contributed by atoms with Crippen LogP contribution in [0.25, 0.3) is 10.9 Å². The van der Waals surface area contributed by atoms with Crippen molar-refractivity contribution in [2.24, 2.45) is 0 Å². The van der Waals surface area contributed by atoms with E-state index in [0.29, 0.717) is 10.9 Å². The summed E-state index contributed by atoms with van der Waals surface area (Å²) in [5, 5.41) is 10.0. The fourth-order valence-electron chi connectivity index (χ4n) is 1.73. The van der Waals surface area contributed by atoms with Crippen LogP contribution in [0, 0.1) is 25.2 Å². The second-order valence-corrected chi connectivity index (χ2v) is 3.94. The first-order valence-corrected chi connectivity index (χ1v) is 5.05. The van der Waals surface area contributed by atoms with E-state index >= 15 is 0 Å². The molecule has 2 aromatic rings. The zero-order valence-electron chi connectivity index (χ0n) is 8.87. The molecular weight excluding hydrogens is 224 g/mol. The van der Waals surface area contributed by atoms with Crippen molar-refractivity contribution in [3.05, 3.63) is 28.0 Å². The standard InChI is InChI=1S/C11H9ClN4/c1-5-3-6(2)15-9-7(4-13)11(14)16-10(12)8(5)9/h3H,1-2H3,(H2,14,16). The minimum absolute atomic E-state index is 0.123. The minimum Gasteiger partial charge on any atom is -0.382 e. The highest BCUT2D eigenvalue weighted by Gasteiger charge is 2.14. The monoisotopic (exact) mass is 232 g/mol. The first-order chi connectivity index (χ1) is 7.54. The summed E-state index contributed by atoms with van der Waals surface area (Å²) in [5.74, 6) is 0.123. The molecule has 2 aromatic heterocycles. The lowest BCUT2D eigenvalue weighted by Gasteiger charge is -2.08. The number of hydrogen-bond donors (Lipinski definition) is 1. The molecule has 0 aliphatic carbocycles. The Balaban J connectivity index is 3.07. The topological polar surface area (TPSA) is 75.6 Å². The summed E-state index contributed by atoms with van der Waals surface area (Å²) in [6.07, 6.45) is 0. The van der Waals surface area contributed by atoms with Crippen molar-refractivity contribution in [1.82, 2.24) is 9.97 Å². The summed E-state index contributed by atoms with van der Waals surface area (Å²) in [4.78, 5) is 8.25. The third-order valence-corrected chi connectivity index (χ3v) is 2.65. The molecule has 0 bridgehead atoms. The zero-order chi connectivity index (χ0) is 11.9. The van der Waals surface area contributed by atoms with Crippen LogP contribution >= 0.6 is 11.6 Å². The van der Waals surface area contributed by atoms with E-state index in [9.17, 15) is 0 Å². The predicted octanol–water partition coefficient (Wildman–Crippen LogP) is 2.35. The number of nitrogens with two attached hydrogens (primary N) is 1. The molecule has 0 radical (unpaired) electrons. The predicted molar refractivity (Wildman–Crippen MR) is 63.1 cm³/mol. The van der Waals surface area contributed by atoms with Gasteiger partial charge in [-0.25, -0.2) is 4.98 Å². The normalized spacial score (nSPS) is 10.4. The Kier molecular flexibility index (Phi) is 2.41. The second kappa shape index (κ2) is 3.62. The van der Waals surface area contributed by atoms with E-state index in [2.05, 4.69) is 9.97 Å². The number of fused-ring (bicyclic) bond motifs is 1. The number of nitriles is 1. The number of aromatic nitrogens is 2. The Morgan fingerprint density at radius 1 is 1.38 bits per heavy atom. The second-order valence-electron chi connectivity index (χ2n) is 3.58. The molecule has 0 fully saturated rings. The summed E-state index contributed by atoms with van der Waals surface area (Å²) < 4.78 is 0. The molecule has 0 spiro atoms. The molecular formula is C11H9ClN4. The van der Waals surface area contributed by atoms with Crippen molar-refractivity contribution < 1.29 is 0 Å². The van der Waals surface area contributed by atoms with Gasteiger partial charge in [0.25, 0.3) is 0 Å². The van der Waals surface area contributed by atoms with Crippen molar-refractivity contribution in [3.8, 4) is 6.07 Å². The van der Waals surface area contributed by atoms with E-state index in [4.69, 9.17) is 22.6 Å². The third kappa shape index (κ3) is 1.46. The number of anilines is 1. The number of nitrogens with zero attached hydrogens (tertiary/aromatic N) is 3. The Hall–Kier alpha value is -1.86. The maximum atomic E-state index is 9.04. The van der Waals surface area contributed by atoms with Crippen LogP contribution in [0.1, 0.15) is 16.8 Å². The van der Waals surface area contributed by atoms with Gasteiger partial charge in [-0.2, -0.15) is 5.26 Å². The van der Waals surface area contributed by atoms with Crippen LogP contribution in [0.2, 0.25) is 5.15 Å². The number of nitrogen functional groups attached to an aromatic ring is 1. The van der Waals surface area contributed by atoms with Crippen molar-refractivity contribution in [2.75, 3.05) is 5.73 Å². The molecule has 0 aromatic carbocycles. The highest BCUT2D eigenvalue weighted by atomic mass is 35.5. The van der Waals surface area contributed by atoms with Gasteiger partial charge < -0.3 is 5.73 Å². The average molecular weight is 233 g/mol. The molecule has 0 saturated heterocycles. The van der Waals surface area contributed by atoms with Crippen LogP contribution in [-0.4, -0.2) is 9.97 Å². The molecule has 5 heteroatoms. The van der Waals surface area contributed by atoms with Crippen LogP contribution < -0.4 is 5.73 Å². The lowest BCUT2D eigenvalue weighted by Crippen LogP contribution is -2.00. The fraction of sp³-hybridized carbons (Fsp3) is 0.182. The van der Waals surface area contributed by atoms with Crippen molar-refractivity contribution in [3.63, 3.8) is 0 Å². The largest absolute Gasteiger partial charge is 0.382 e. The van der Waals surface area contributed by atoms with E-state index in [0.717, 1.165) is 11.3 Å². The van der Waals surface area contributed by atoms with Crippen LogP contribution in [0.4, 0.5) is 5.82 Å². The molecule has 80 valence electrons. The van der Waals surface area contributed by atoms with Crippen LogP contribution in [0.3, 0.4) is 0 Å². The van der Waals surface area contributed by atoms with Gasteiger partial charge in [0, 0.05) is 11.1 Å². The van der Waals surface area contributed by atoms with Gasteiger partial charge >= 0.3 is 0 Å². The number of pyridine rings is 2. The van der Waals surface area contributed by atoms with E-state index in [-0.39, 0.29) is 16.5 Å². The summed E-state index contributed by atoms with van der Waals surface area (Å²) in [5.41, 5.74) is 8.21. The van der Waals surface area contributed by atoms with Gasteiger partial charge in [-0.15, -0.1) is 0 Å². The fourth-order valence-corrected chi connectivity index (χ4v) is 2.06. The van der Waals surface area contributed by atoms with Crippen LogP contribution in [0.15, 0.2) is 6.07 Å². The maximum absolute atomic E-state index is 9.04. The van der Waals surface area contributed by atoms with E-state index in [1.54, 1.807) is 0 Å². The average Bonchev–Trinajstić information content (AvgIpc) is 2.15. The minimum atomic E-state index is 0.123. The maximum Gasteiger partial charge on any atom is 0.145 e. The van der Waals surface area contributed by atoms with Gasteiger partial charge in [0.1, 0.15) is 22.6 Å². The molecule has 2 heterocycles. The first kappa shape index (κ1) is 10.7. The molecule has 0 amide bonds. The van der Waals surface area contributed by atoms with E-state index in [1.807, 2.05) is 26.0 Å². The van der Waals surface area contributed by atoms with Crippen LogP contribution in [0.5, 0.6) is 0 Å². The highest BCUT2D eigenvalue weighted by Crippen LogP contribution is 2.29. The molecule has 0 atom stereocenters. The lowest BCUT2D eigenvalue weighted by molar-refractivity contribution is 1.21. The van der Waals surface area contributed by atoms with Gasteiger partial charge in [0.15, 0.2) is 0 Å². The Morgan fingerprint density at radius 2 is 2.06 bits per heavy atom. The number of rotatable bonds is 0. The van der Waals surface area contributed by atoms with Crippen molar-refractivity contribution in [2.45, 2.75) is 13.8 Å². The summed E-state index contributed by atoms with van der Waals surface area (Å²) in [6.45, 7) is 3.76. The van der Waals surface area contributed by atoms with E-state index < -0.39 is 0 Å². The zero-order valence-corrected chi connectivity index (χ0v) is 9.63. The summed E-state index contributed by atoms with van der Waals surface area (Å²) in [6, 6.07) is 3.91. The van der Waals surface area contributed by atoms with Gasteiger partial charge in [-0.3, -0.25) is 4.98 Å². The lowest BCUT2D eigenvalue weighted by atomic mass is 10.1. The molecule has 4 nitrogen and oxygen atoms in total. The van der Waals surface area contributed by atoms with Gasteiger partial charge in [0.2, 0.25) is 0 Å².